The normalized spacial score (nSPS) is 22.6. The van der Waals surface area contributed by atoms with Crippen LogP contribution in [0.4, 0.5) is 0 Å². The van der Waals surface area contributed by atoms with Gasteiger partial charge in [-0.2, -0.15) is 0 Å². The molecule has 1 saturated heterocycles. The van der Waals surface area contributed by atoms with E-state index >= 15 is 0 Å². The molecule has 11 amide bonds. The molecule has 0 unspecified atom stereocenters. The SMILES string of the molecule is CC[C@H](C)CCCCC(=O)N[C@@H](CCN)C(=O)N[C@H](C(=O)N[C@@H](CCN)C(=O)N[C@H]1CCNC(=O)[C@H]([C@@H](C)O)NC(=O)[C@H](CCN)NC(=O)[C@H](CCN)NC(=O)[C@H](CC(C)C)NC(=O)[C@@H](Cc2ccc(OC)cc2)NC(=O)[C@H](CCN)NC1=O)[C@@H](C)O. The number of rotatable bonds is 30. The first kappa shape index (κ1) is 76.0. The van der Waals surface area contributed by atoms with Gasteiger partial charge in [-0.3, -0.25) is 52.7 Å². The average molecular weight is 1230 g/mol. The number of benzene rings is 1. The average Bonchev–Trinajstić information content (AvgIpc) is 3.47. The highest BCUT2D eigenvalue weighted by Gasteiger charge is 2.37. The van der Waals surface area contributed by atoms with Crippen molar-refractivity contribution in [1.82, 2.24) is 58.5 Å². The molecular formula is C57H100N16O14. The number of carbonyl (C=O) groups excluding carboxylic acids is 11. The first-order valence-electron chi connectivity index (χ1n) is 30.1. The lowest BCUT2D eigenvalue weighted by molar-refractivity contribution is -0.137. The molecule has 30 nitrogen and oxygen atoms in total. The number of methoxy groups -OCH3 is 1. The summed E-state index contributed by atoms with van der Waals surface area (Å²) in [7, 11) is 1.46. The van der Waals surface area contributed by atoms with Gasteiger partial charge in [0.05, 0.1) is 19.3 Å². The van der Waals surface area contributed by atoms with E-state index in [-0.39, 0.29) is 90.0 Å². The second-order valence-electron chi connectivity index (χ2n) is 22.4. The van der Waals surface area contributed by atoms with Gasteiger partial charge in [0, 0.05) is 19.4 Å². The van der Waals surface area contributed by atoms with Gasteiger partial charge in [0.25, 0.3) is 0 Å². The number of nitrogens with one attached hydrogen (secondary N) is 11. The van der Waals surface area contributed by atoms with Gasteiger partial charge in [-0.1, -0.05) is 59.1 Å². The van der Waals surface area contributed by atoms with Crippen LogP contribution in [0, 0.1) is 11.8 Å². The molecule has 1 heterocycles. The number of hydrogen-bond acceptors (Lipinski definition) is 19. The lowest BCUT2D eigenvalue weighted by atomic mass is 10.00. The van der Waals surface area contributed by atoms with Crippen LogP contribution in [0.15, 0.2) is 24.3 Å². The minimum absolute atomic E-state index is 0.0212. The number of aliphatic hydroxyl groups is 2. The highest BCUT2D eigenvalue weighted by Crippen LogP contribution is 2.16. The summed E-state index contributed by atoms with van der Waals surface area (Å²) in [5.74, 6) is -9.10. The molecule has 0 aromatic heterocycles. The third kappa shape index (κ3) is 27.2. The maximum absolute atomic E-state index is 14.6. The van der Waals surface area contributed by atoms with Crippen LogP contribution in [0.2, 0.25) is 0 Å². The van der Waals surface area contributed by atoms with Crippen molar-refractivity contribution < 1.29 is 67.7 Å². The van der Waals surface area contributed by atoms with Crippen LogP contribution in [0.5, 0.6) is 5.75 Å². The molecule has 13 atom stereocenters. The molecule has 2 rings (SSSR count). The molecular weight excluding hydrogens is 1130 g/mol. The fraction of sp³-hybridized carbons (Fsp3) is 0.702. The van der Waals surface area contributed by atoms with Gasteiger partial charge < -0.3 is 102 Å². The Morgan fingerprint density at radius 1 is 0.586 bits per heavy atom. The molecule has 0 aliphatic carbocycles. The van der Waals surface area contributed by atoms with E-state index < -0.39 is 151 Å². The molecule has 492 valence electrons. The first-order chi connectivity index (χ1) is 41.3. The van der Waals surface area contributed by atoms with E-state index in [1.54, 1.807) is 38.1 Å². The molecule has 87 heavy (non-hydrogen) atoms. The summed E-state index contributed by atoms with van der Waals surface area (Å²) in [6.07, 6.45) is -1.20. The lowest BCUT2D eigenvalue weighted by Gasteiger charge is -2.29. The van der Waals surface area contributed by atoms with Crippen LogP contribution in [0.3, 0.4) is 0 Å². The van der Waals surface area contributed by atoms with Crippen molar-refractivity contribution in [1.29, 1.82) is 0 Å². The molecule has 1 aliphatic heterocycles. The quantitative estimate of drug-likeness (QED) is 0.0320. The molecule has 30 heteroatoms. The van der Waals surface area contributed by atoms with E-state index in [4.69, 9.17) is 33.4 Å². The number of aliphatic hydroxyl groups excluding tert-OH is 2. The van der Waals surface area contributed by atoms with E-state index in [0.717, 1.165) is 19.3 Å². The molecule has 1 fully saturated rings. The number of unbranched alkanes of at least 4 members (excludes halogenated alkanes) is 1. The summed E-state index contributed by atoms with van der Waals surface area (Å²) in [5, 5.41) is 49.7. The van der Waals surface area contributed by atoms with Crippen molar-refractivity contribution in [2.24, 2.45) is 40.5 Å². The van der Waals surface area contributed by atoms with Crippen LogP contribution in [-0.2, 0) is 59.2 Å². The number of hydrogen-bond donors (Lipinski definition) is 18. The van der Waals surface area contributed by atoms with Gasteiger partial charge in [-0.15, -0.1) is 0 Å². The predicted octanol–water partition coefficient (Wildman–Crippen LogP) is -5.24. The number of ether oxygens (including phenoxy) is 1. The standard InChI is InChI=1S/C57H100N16O14/c1-8-32(4)11-9-10-12-45(76)64-37(17-23-58)52(81)73-47(34(6)75)57(86)69-40(20-26-61)49(78)68-42-22-28-63-56(85)46(33(5)74)72-53(82)41(21-27-62)66-48(77)38(18-24-59)67-54(83)43(29-31(2)3)70-55(84)44(30-35-13-15-36(87-7)16-14-35)71-50(79)39(19-25-60)65-51(42)80/h13-16,31-34,37-44,46-47,74-75H,8-12,17-30,58-62H2,1-7H3,(H,63,85)(H,64,76)(H,65,80)(H,66,77)(H,67,83)(H,68,78)(H,69,86)(H,70,84)(H,71,79)(H,72,82)(H,73,81)/t32-,33+,34+,37-,38-,39-,40-,41-,42-,43-,44+,46-,47-/m0/s1. The molecule has 1 aliphatic rings. The molecule has 0 spiro atoms. The largest absolute Gasteiger partial charge is 0.497 e. The van der Waals surface area contributed by atoms with Gasteiger partial charge in [0.2, 0.25) is 65.0 Å². The summed E-state index contributed by atoms with van der Waals surface area (Å²) in [5.41, 5.74) is 29.9. The van der Waals surface area contributed by atoms with Gasteiger partial charge in [0.1, 0.15) is 66.2 Å². The molecule has 0 radical (unpaired) electrons. The number of amides is 11. The van der Waals surface area contributed by atoms with Gasteiger partial charge in [-0.25, -0.2) is 0 Å². The molecule has 1 aromatic rings. The Balaban J connectivity index is 2.71. The third-order valence-electron chi connectivity index (χ3n) is 14.6. The second-order valence-corrected chi connectivity index (χ2v) is 22.4. The summed E-state index contributed by atoms with van der Waals surface area (Å²) < 4.78 is 5.29. The Hall–Kier alpha value is -7.09. The molecule has 23 N–H and O–H groups in total. The fourth-order valence-corrected chi connectivity index (χ4v) is 9.27. The van der Waals surface area contributed by atoms with Crippen LogP contribution in [-0.4, -0.2) is 194 Å². The van der Waals surface area contributed by atoms with Crippen molar-refractivity contribution in [3.63, 3.8) is 0 Å². The van der Waals surface area contributed by atoms with Crippen molar-refractivity contribution >= 4 is 65.0 Å². The monoisotopic (exact) mass is 1230 g/mol. The Morgan fingerprint density at radius 3 is 1.57 bits per heavy atom. The number of nitrogens with two attached hydrogens (primary N) is 5. The van der Waals surface area contributed by atoms with Crippen molar-refractivity contribution in [2.45, 2.75) is 198 Å². The Bertz CT molecular complexity index is 2380. The van der Waals surface area contributed by atoms with Gasteiger partial charge in [-0.05, 0) is 127 Å². The van der Waals surface area contributed by atoms with E-state index in [2.05, 4.69) is 72.3 Å². The summed E-state index contributed by atoms with van der Waals surface area (Å²) in [6, 6.07) is -8.41. The van der Waals surface area contributed by atoms with E-state index in [9.17, 15) is 63.0 Å². The molecule has 1 aromatic carbocycles. The van der Waals surface area contributed by atoms with Crippen molar-refractivity contribution in [3.8, 4) is 5.75 Å². The zero-order valence-electron chi connectivity index (χ0n) is 51.5. The molecule has 0 bridgehead atoms. The van der Waals surface area contributed by atoms with Gasteiger partial charge >= 0.3 is 0 Å². The summed E-state index contributed by atoms with van der Waals surface area (Å²) in [6.45, 7) is 8.93. The van der Waals surface area contributed by atoms with Crippen LogP contribution in [0.25, 0.3) is 0 Å². The zero-order chi connectivity index (χ0) is 65.3. The van der Waals surface area contributed by atoms with Crippen LogP contribution >= 0.6 is 0 Å². The van der Waals surface area contributed by atoms with Gasteiger partial charge in [0.15, 0.2) is 0 Å². The smallest absolute Gasteiger partial charge is 0.245 e. The minimum atomic E-state index is -1.71. The second kappa shape index (κ2) is 40.4. The summed E-state index contributed by atoms with van der Waals surface area (Å²) in [4.78, 5) is 154. The van der Waals surface area contributed by atoms with Crippen molar-refractivity contribution in [3.05, 3.63) is 29.8 Å². The Morgan fingerprint density at radius 2 is 1.08 bits per heavy atom. The Labute approximate surface area is 509 Å². The zero-order valence-corrected chi connectivity index (χ0v) is 51.5. The first-order valence-corrected chi connectivity index (χ1v) is 30.1. The summed E-state index contributed by atoms with van der Waals surface area (Å²) >= 11 is 0. The highest BCUT2D eigenvalue weighted by atomic mass is 16.5. The minimum Gasteiger partial charge on any atom is -0.497 e. The third-order valence-corrected chi connectivity index (χ3v) is 14.6. The maximum Gasteiger partial charge on any atom is 0.245 e. The fourth-order valence-electron chi connectivity index (χ4n) is 9.27. The van der Waals surface area contributed by atoms with E-state index in [1.807, 2.05) is 0 Å². The van der Waals surface area contributed by atoms with E-state index in [0.29, 0.717) is 23.7 Å². The van der Waals surface area contributed by atoms with Crippen LogP contribution in [0.1, 0.15) is 124 Å². The highest BCUT2D eigenvalue weighted by molar-refractivity contribution is 5.99. The molecule has 0 saturated carbocycles. The Kier molecular flexibility index (Phi) is 35.3. The topological polar surface area (TPSA) is 500 Å². The van der Waals surface area contributed by atoms with Crippen LogP contribution < -0.4 is 91.9 Å². The van der Waals surface area contributed by atoms with E-state index in [1.165, 1.54) is 21.0 Å². The maximum atomic E-state index is 14.6. The number of carbonyl (C=O) groups is 11. The van der Waals surface area contributed by atoms with Crippen molar-refractivity contribution in [2.75, 3.05) is 46.4 Å². The lowest BCUT2D eigenvalue weighted by Crippen LogP contribution is -2.62. The predicted molar refractivity (Wildman–Crippen MR) is 323 cm³/mol.